The van der Waals surface area contributed by atoms with Crippen LogP contribution in [0, 0.1) is 0 Å². The summed E-state index contributed by atoms with van der Waals surface area (Å²) in [5, 5.41) is 17.4. The second kappa shape index (κ2) is 7.98. The number of aromatic carboxylic acids is 1. The number of ether oxygens (including phenoxy) is 1. The Morgan fingerprint density at radius 3 is 1.91 bits per heavy atom. The first-order chi connectivity index (χ1) is 10.7. The van der Waals surface area contributed by atoms with E-state index in [1.807, 2.05) is 20.8 Å². The summed E-state index contributed by atoms with van der Waals surface area (Å²) < 4.78 is 5.54. The molecule has 2 N–H and O–H groups in total. The second-order valence-corrected chi connectivity index (χ2v) is 5.75. The zero-order valence-corrected chi connectivity index (χ0v) is 13.3. The van der Waals surface area contributed by atoms with Crippen molar-refractivity contribution in [2.45, 2.75) is 26.4 Å². The summed E-state index contributed by atoms with van der Waals surface area (Å²) in [7, 11) is 0. The minimum absolute atomic E-state index is 0.181. The van der Waals surface area contributed by atoms with Gasteiger partial charge in [-0.15, -0.1) is 0 Å². The molecule has 0 atom stereocenters. The van der Waals surface area contributed by atoms with Crippen LogP contribution in [0.25, 0.3) is 0 Å². The lowest BCUT2D eigenvalue weighted by Crippen LogP contribution is -2.22. The third-order valence-electron chi connectivity index (χ3n) is 2.55. The van der Waals surface area contributed by atoms with Gasteiger partial charge in [0.05, 0.1) is 5.56 Å². The quantitative estimate of drug-likeness (QED) is 0.842. The standard InChI is InChI=1S/C11H14O3.C7H6O2/c1-11(2,3)14-9-6-4-8(5-7-9)10(12)13;8-5-6-1-3-7(9)4-2-6/h4-7H,1-3H3,(H,12,13);1-5,9H. The third-order valence-corrected chi connectivity index (χ3v) is 2.55. The molecule has 5 nitrogen and oxygen atoms in total. The molecule has 0 radical (unpaired) electrons. The molecule has 0 bridgehead atoms. The van der Waals surface area contributed by atoms with Crippen molar-refractivity contribution >= 4 is 12.3 Å². The van der Waals surface area contributed by atoms with Gasteiger partial charge in [-0.1, -0.05) is 0 Å². The van der Waals surface area contributed by atoms with Crippen LogP contribution in [-0.2, 0) is 0 Å². The van der Waals surface area contributed by atoms with Gasteiger partial charge in [-0.3, -0.25) is 4.79 Å². The van der Waals surface area contributed by atoms with Gasteiger partial charge < -0.3 is 14.9 Å². The van der Waals surface area contributed by atoms with Gasteiger partial charge in [-0.25, -0.2) is 4.79 Å². The first-order valence-electron chi connectivity index (χ1n) is 6.98. The summed E-state index contributed by atoms with van der Waals surface area (Å²) in [6.45, 7) is 5.83. The SMILES string of the molecule is CC(C)(C)Oc1ccc(C(=O)O)cc1.O=Cc1ccc(O)cc1. The number of carboxylic acids is 1. The van der Waals surface area contributed by atoms with Crippen LogP contribution in [0.4, 0.5) is 0 Å². The summed E-state index contributed by atoms with van der Waals surface area (Å²) in [4.78, 5) is 20.6. The van der Waals surface area contributed by atoms with Crippen molar-refractivity contribution in [1.29, 1.82) is 0 Å². The van der Waals surface area contributed by atoms with Crippen molar-refractivity contribution in [3.8, 4) is 11.5 Å². The first kappa shape index (κ1) is 18.2. The molecule has 0 aliphatic heterocycles. The van der Waals surface area contributed by atoms with Crippen LogP contribution >= 0.6 is 0 Å². The zero-order valence-electron chi connectivity index (χ0n) is 13.3. The van der Waals surface area contributed by atoms with Crippen molar-refractivity contribution in [3.05, 3.63) is 59.7 Å². The number of benzene rings is 2. The van der Waals surface area contributed by atoms with Crippen molar-refractivity contribution in [2.75, 3.05) is 0 Å². The van der Waals surface area contributed by atoms with Crippen molar-refractivity contribution < 1.29 is 24.5 Å². The fraction of sp³-hybridized carbons (Fsp3) is 0.222. The number of phenolic OH excluding ortho intramolecular Hbond substituents is 1. The van der Waals surface area contributed by atoms with Crippen LogP contribution in [0.1, 0.15) is 41.5 Å². The summed E-state index contributed by atoms with van der Waals surface area (Å²) >= 11 is 0. The van der Waals surface area contributed by atoms with E-state index in [0.717, 1.165) is 6.29 Å². The largest absolute Gasteiger partial charge is 0.508 e. The lowest BCUT2D eigenvalue weighted by molar-refractivity contribution is 0.0696. The number of carbonyl (C=O) groups excluding carboxylic acids is 1. The number of aldehydes is 1. The highest BCUT2D eigenvalue weighted by Crippen LogP contribution is 2.18. The predicted molar refractivity (Wildman–Crippen MR) is 87.3 cm³/mol. The van der Waals surface area contributed by atoms with E-state index in [-0.39, 0.29) is 16.9 Å². The van der Waals surface area contributed by atoms with Crippen LogP contribution in [0.5, 0.6) is 11.5 Å². The molecule has 2 aromatic rings. The Morgan fingerprint density at radius 2 is 1.52 bits per heavy atom. The van der Waals surface area contributed by atoms with Crippen LogP contribution < -0.4 is 4.74 Å². The maximum absolute atomic E-state index is 10.6. The third kappa shape index (κ3) is 7.13. The first-order valence-corrected chi connectivity index (χ1v) is 6.98. The Kier molecular flexibility index (Phi) is 6.33. The van der Waals surface area contributed by atoms with E-state index in [2.05, 4.69) is 0 Å². The second-order valence-electron chi connectivity index (χ2n) is 5.75. The van der Waals surface area contributed by atoms with Gasteiger partial charge in [-0.05, 0) is 69.3 Å². The molecule has 0 spiro atoms. The van der Waals surface area contributed by atoms with E-state index in [0.29, 0.717) is 11.3 Å². The van der Waals surface area contributed by atoms with Gasteiger partial charge in [0, 0.05) is 5.56 Å². The van der Waals surface area contributed by atoms with Crippen LogP contribution in [0.3, 0.4) is 0 Å². The minimum atomic E-state index is -0.924. The molecule has 0 aliphatic carbocycles. The van der Waals surface area contributed by atoms with Gasteiger partial charge in [-0.2, -0.15) is 0 Å². The fourth-order valence-corrected chi connectivity index (χ4v) is 1.57. The van der Waals surface area contributed by atoms with E-state index in [1.54, 1.807) is 24.3 Å². The molecule has 2 aromatic carbocycles. The molecule has 2 rings (SSSR count). The lowest BCUT2D eigenvalue weighted by Gasteiger charge is -2.21. The number of hydrogen-bond donors (Lipinski definition) is 2. The Hall–Kier alpha value is -2.82. The van der Waals surface area contributed by atoms with E-state index < -0.39 is 5.97 Å². The monoisotopic (exact) mass is 316 g/mol. The van der Waals surface area contributed by atoms with Crippen LogP contribution in [0.15, 0.2) is 48.5 Å². The molecule has 0 aromatic heterocycles. The number of aromatic hydroxyl groups is 1. The summed E-state index contributed by atoms with van der Waals surface area (Å²) in [5.74, 6) is -0.0598. The summed E-state index contributed by atoms with van der Waals surface area (Å²) in [6, 6.07) is 12.5. The number of carbonyl (C=O) groups is 2. The molecule has 0 amide bonds. The predicted octanol–water partition coefficient (Wildman–Crippen LogP) is 3.77. The Labute approximate surface area is 135 Å². The summed E-state index contributed by atoms with van der Waals surface area (Å²) in [6.07, 6.45) is 0.736. The molecule has 23 heavy (non-hydrogen) atoms. The number of hydrogen-bond acceptors (Lipinski definition) is 4. The number of rotatable bonds is 3. The molecule has 122 valence electrons. The van der Waals surface area contributed by atoms with Gasteiger partial charge in [0.15, 0.2) is 0 Å². The van der Waals surface area contributed by atoms with E-state index in [9.17, 15) is 9.59 Å². The molecular formula is C18H20O5. The zero-order chi connectivity index (χ0) is 17.5. The molecule has 0 heterocycles. The molecule has 0 fully saturated rings. The van der Waals surface area contributed by atoms with E-state index >= 15 is 0 Å². The average molecular weight is 316 g/mol. The topological polar surface area (TPSA) is 83.8 Å². The average Bonchev–Trinajstić information content (AvgIpc) is 2.47. The number of carboxylic acid groups (broad SMARTS) is 1. The van der Waals surface area contributed by atoms with E-state index in [1.165, 1.54) is 24.3 Å². The molecule has 0 aliphatic rings. The number of phenols is 1. The van der Waals surface area contributed by atoms with Crippen molar-refractivity contribution in [1.82, 2.24) is 0 Å². The van der Waals surface area contributed by atoms with Crippen molar-refractivity contribution in [2.24, 2.45) is 0 Å². The highest BCUT2D eigenvalue weighted by atomic mass is 16.5. The highest BCUT2D eigenvalue weighted by Gasteiger charge is 2.11. The maximum atomic E-state index is 10.6. The van der Waals surface area contributed by atoms with Crippen LogP contribution in [-0.4, -0.2) is 28.1 Å². The van der Waals surface area contributed by atoms with Crippen LogP contribution in [0.2, 0.25) is 0 Å². The Balaban J connectivity index is 0.000000253. The maximum Gasteiger partial charge on any atom is 0.335 e. The molecule has 0 saturated heterocycles. The van der Waals surface area contributed by atoms with Crippen molar-refractivity contribution in [3.63, 3.8) is 0 Å². The van der Waals surface area contributed by atoms with Gasteiger partial charge in [0.25, 0.3) is 0 Å². The fourth-order valence-electron chi connectivity index (χ4n) is 1.57. The molecule has 0 saturated carbocycles. The van der Waals surface area contributed by atoms with Gasteiger partial charge in [0.1, 0.15) is 23.4 Å². The Bertz CT molecular complexity index is 637. The molecule has 5 heteroatoms. The normalized spacial score (nSPS) is 10.2. The molecular weight excluding hydrogens is 296 g/mol. The smallest absolute Gasteiger partial charge is 0.335 e. The lowest BCUT2D eigenvalue weighted by atomic mass is 10.2. The Morgan fingerprint density at radius 1 is 1.00 bits per heavy atom. The minimum Gasteiger partial charge on any atom is -0.508 e. The molecule has 0 unspecified atom stereocenters. The van der Waals surface area contributed by atoms with Gasteiger partial charge >= 0.3 is 5.97 Å². The van der Waals surface area contributed by atoms with Gasteiger partial charge in [0.2, 0.25) is 0 Å². The van der Waals surface area contributed by atoms with E-state index in [4.69, 9.17) is 14.9 Å². The highest BCUT2D eigenvalue weighted by molar-refractivity contribution is 5.87. The summed E-state index contributed by atoms with van der Waals surface area (Å²) in [5.41, 5.74) is 0.587.